The fourth-order valence-electron chi connectivity index (χ4n) is 2.79. The van der Waals surface area contributed by atoms with Crippen molar-refractivity contribution in [3.8, 4) is 5.69 Å². The molecule has 8 nitrogen and oxygen atoms in total. The average molecular weight is 442 g/mol. The van der Waals surface area contributed by atoms with Crippen LogP contribution in [0.3, 0.4) is 0 Å². The maximum Gasteiger partial charge on any atom is 0.358 e. The van der Waals surface area contributed by atoms with Crippen molar-refractivity contribution >= 4 is 23.5 Å². The highest BCUT2D eigenvalue weighted by atomic mass is 19.1. The summed E-state index contributed by atoms with van der Waals surface area (Å²) in [6.45, 7) is 1.91. The van der Waals surface area contributed by atoms with Gasteiger partial charge in [0.1, 0.15) is 11.6 Å². The average Bonchev–Trinajstić information content (AvgIpc) is 3.24. The van der Waals surface area contributed by atoms with E-state index in [1.807, 2.05) is 0 Å². The molecule has 0 spiro atoms. The van der Waals surface area contributed by atoms with Crippen molar-refractivity contribution in [1.29, 1.82) is 0 Å². The van der Waals surface area contributed by atoms with Crippen LogP contribution < -0.4 is 10.6 Å². The van der Waals surface area contributed by atoms with Crippen LogP contribution in [0.2, 0.25) is 0 Å². The molecular weight excluding hydrogens is 422 g/mol. The largest absolute Gasteiger partial charge is 0.461 e. The number of nitrogens with one attached hydrogen (secondary N) is 2. The lowest BCUT2D eigenvalue weighted by atomic mass is 10.2. The zero-order chi connectivity index (χ0) is 23.1. The Kier molecular flexibility index (Phi) is 7.27. The van der Waals surface area contributed by atoms with Gasteiger partial charge in [-0.2, -0.15) is 5.10 Å². The Morgan fingerprint density at radius 3 is 2.66 bits per heavy atom. The highest BCUT2D eigenvalue weighted by Gasteiger charge is 2.13. The number of rotatable bonds is 8. The van der Waals surface area contributed by atoms with Gasteiger partial charge in [0.25, 0.3) is 5.91 Å². The topological polar surface area (TPSA) is 102 Å². The predicted octanol–water partition coefficient (Wildman–Crippen LogP) is 3.09. The lowest BCUT2D eigenvalue weighted by Gasteiger charge is -2.09. The van der Waals surface area contributed by atoms with Crippen LogP contribution in [-0.4, -0.2) is 40.7 Å². The summed E-state index contributed by atoms with van der Waals surface area (Å²) in [7, 11) is 0. The fraction of sp³-hybridized carbons (Fsp3) is 0.182. The van der Waals surface area contributed by atoms with E-state index in [0.717, 1.165) is 12.1 Å². The molecule has 0 atom stereocenters. The molecule has 1 aromatic heterocycles. The van der Waals surface area contributed by atoms with Gasteiger partial charge in [-0.3, -0.25) is 9.59 Å². The van der Waals surface area contributed by atoms with E-state index >= 15 is 0 Å². The van der Waals surface area contributed by atoms with Crippen molar-refractivity contribution in [2.45, 2.75) is 13.3 Å². The number of ether oxygens (including phenoxy) is 1. The number of anilines is 1. The molecule has 2 N–H and O–H groups in total. The van der Waals surface area contributed by atoms with Crippen molar-refractivity contribution in [3.63, 3.8) is 0 Å². The SMILES string of the molecule is CCOC(=O)c1ccn(-c2cccc(NC(=O)CCNC(=O)c3ccc(F)cc3F)c2)n1. The standard InChI is InChI=1S/C22H20F2N4O4/c1-2-32-22(31)19-9-11-28(27-19)16-5-3-4-15(13-16)26-20(29)8-10-25-21(30)17-7-6-14(23)12-18(17)24/h3-7,9,11-13H,2,8,10H2,1H3,(H,25,30)(H,26,29). The molecule has 0 unspecified atom stereocenters. The summed E-state index contributed by atoms with van der Waals surface area (Å²) in [4.78, 5) is 35.9. The zero-order valence-corrected chi connectivity index (χ0v) is 17.1. The second-order valence-electron chi connectivity index (χ2n) is 6.59. The van der Waals surface area contributed by atoms with Crippen LogP contribution in [0.5, 0.6) is 0 Å². The van der Waals surface area contributed by atoms with Crippen molar-refractivity contribution in [1.82, 2.24) is 15.1 Å². The third-order valence-corrected chi connectivity index (χ3v) is 4.28. The van der Waals surface area contributed by atoms with E-state index in [1.54, 1.807) is 37.4 Å². The van der Waals surface area contributed by atoms with Crippen LogP contribution >= 0.6 is 0 Å². The number of aromatic nitrogens is 2. The van der Waals surface area contributed by atoms with Crippen LogP contribution in [0.25, 0.3) is 5.69 Å². The number of hydrogen-bond donors (Lipinski definition) is 2. The summed E-state index contributed by atoms with van der Waals surface area (Å²) in [6.07, 6.45) is 1.53. The molecular formula is C22H20F2N4O4. The van der Waals surface area contributed by atoms with Gasteiger partial charge in [-0.15, -0.1) is 0 Å². The Morgan fingerprint density at radius 1 is 1.09 bits per heavy atom. The highest BCUT2D eigenvalue weighted by molar-refractivity contribution is 5.95. The van der Waals surface area contributed by atoms with Gasteiger partial charge in [-0.05, 0) is 43.3 Å². The second-order valence-corrected chi connectivity index (χ2v) is 6.59. The van der Waals surface area contributed by atoms with E-state index < -0.39 is 23.5 Å². The van der Waals surface area contributed by atoms with Gasteiger partial charge < -0.3 is 15.4 Å². The first-order valence-corrected chi connectivity index (χ1v) is 9.73. The van der Waals surface area contributed by atoms with Crippen molar-refractivity contribution in [2.24, 2.45) is 0 Å². The molecule has 10 heteroatoms. The van der Waals surface area contributed by atoms with Crippen molar-refractivity contribution < 1.29 is 27.9 Å². The van der Waals surface area contributed by atoms with E-state index in [1.165, 1.54) is 10.7 Å². The van der Waals surface area contributed by atoms with Gasteiger partial charge in [0, 0.05) is 30.9 Å². The van der Waals surface area contributed by atoms with Gasteiger partial charge in [-0.25, -0.2) is 18.3 Å². The Labute approximate surface area is 182 Å². The van der Waals surface area contributed by atoms with Gasteiger partial charge in [-0.1, -0.05) is 6.07 Å². The number of amides is 2. The van der Waals surface area contributed by atoms with Crippen LogP contribution in [0.1, 0.15) is 34.2 Å². The number of nitrogens with zero attached hydrogens (tertiary/aromatic N) is 2. The van der Waals surface area contributed by atoms with Gasteiger partial charge >= 0.3 is 5.97 Å². The van der Waals surface area contributed by atoms with E-state index in [9.17, 15) is 23.2 Å². The first kappa shape index (κ1) is 22.6. The summed E-state index contributed by atoms with van der Waals surface area (Å²) in [5.74, 6) is -3.41. The second kappa shape index (κ2) is 10.3. The summed E-state index contributed by atoms with van der Waals surface area (Å²) in [5, 5.41) is 9.26. The van der Waals surface area contributed by atoms with Crippen LogP contribution in [0, 0.1) is 11.6 Å². The molecule has 0 fully saturated rings. The summed E-state index contributed by atoms with van der Waals surface area (Å²) in [5.41, 5.74) is 0.950. The Bertz CT molecular complexity index is 1150. The third kappa shape index (κ3) is 5.75. The number of carbonyl (C=O) groups is 3. The molecule has 0 saturated heterocycles. The molecule has 0 saturated carbocycles. The normalized spacial score (nSPS) is 10.5. The number of carbonyl (C=O) groups excluding carboxylic acids is 3. The Morgan fingerprint density at radius 2 is 1.91 bits per heavy atom. The zero-order valence-electron chi connectivity index (χ0n) is 17.1. The highest BCUT2D eigenvalue weighted by Crippen LogP contribution is 2.15. The molecule has 1 heterocycles. The quantitative estimate of drug-likeness (QED) is 0.522. The van der Waals surface area contributed by atoms with E-state index in [0.29, 0.717) is 17.4 Å². The van der Waals surface area contributed by atoms with Crippen molar-refractivity contribution in [3.05, 3.63) is 77.6 Å². The number of esters is 1. The fourth-order valence-corrected chi connectivity index (χ4v) is 2.79. The minimum Gasteiger partial charge on any atom is -0.461 e. The summed E-state index contributed by atoms with van der Waals surface area (Å²) >= 11 is 0. The molecule has 0 bridgehead atoms. The molecule has 0 aliphatic rings. The Balaban J connectivity index is 1.54. The lowest BCUT2D eigenvalue weighted by molar-refractivity contribution is -0.116. The summed E-state index contributed by atoms with van der Waals surface area (Å²) < 4.78 is 32.9. The molecule has 0 aliphatic heterocycles. The molecule has 0 radical (unpaired) electrons. The maximum atomic E-state index is 13.6. The molecule has 2 aromatic carbocycles. The van der Waals surface area contributed by atoms with Crippen LogP contribution in [-0.2, 0) is 9.53 Å². The first-order valence-electron chi connectivity index (χ1n) is 9.73. The molecule has 0 aliphatic carbocycles. The Hall–Kier alpha value is -4.08. The van der Waals surface area contributed by atoms with E-state index in [-0.39, 0.29) is 36.7 Å². The maximum absolute atomic E-state index is 13.6. The lowest BCUT2D eigenvalue weighted by Crippen LogP contribution is -2.28. The van der Waals surface area contributed by atoms with Gasteiger partial charge in [0.05, 0.1) is 17.9 Å². The molecule has 2 amide bonds. The monoisotopic (exact) mass is 442 g/mol. The molecule has 32 heavy (non-hydrogen) atoms. The smallest absolute Gasteiger partial charge is 0.358 e. The van der Waals surface area contributed by atoms with Crippen LogP contribution in [0.4, 0.5) is 14.5 Å². The molecule has 3 rings (SSSR count). The van der Waals surface area contributed by atoms with Crippen LogP contribution in [0.15, 0.2) is 54.7 Å². The van der Waals surface area contributed by atoms with Gasteiger partial charge in [0.15, 0.2) is 5.69 Å². The minimum atomic E-state index is -0.978. The summed E-state index contributed by atoms with van der Waals surface area (Å²) in [6, 6.07) is 10.9. The van der Waals surface area contributed by atoms with E-state index in [2.05, 4.69) is 15.7 Å². The minimum absolute atomic E-state index is 0.0385. The van der Waals surface area contributed by atoms with Crippen molar-refractivity contribution in [2.75, 3.05) is 18.5 Å². The number of halogens is 2. The predicted molar refractivity (Wildman–Crippen MR) is 111 cm³/mol. The number of hydrogen-bond acceptors (Lipinski definition) is 5. The molecule has 166 valence electrons. The third-order valence-electron chi connectivity index (χ3n) is 4.28. The first-order chi connectivity index (χ1) is 15.4. The van der Waals surface area contributed by atoms with E-state index in [4.69, 9.17) is 4.74 Å². The van der Waals surface area contributed by atoms with Gasteiger partial charge in [0.2, 0.25) is 5.91 Å². The molecule has 3 aromatic rings. The number of benzene rings is 2.